The predicted octanol–water partition coefficient (Wildman–Crippen LogP) is -0.705. The van der Waals surface area contributed by atoms with Crippen LogP contribution < -0.4 is 5.32 Å². The standard InChI is InChI=1S/C6H9NO3/c8-4-10-6(9)5-1-2-7-3-5/h4-5,7H,1-3H2. The van der Waals surface area contributed by atoms with Gasteiger partial charge in [0.1, 0.15) is 0 Å². The van der Waals surface area contributed by atoms with E-state index in [-0.39, 0.29) is 12.4 Å². The van der Waals surface area contributed by atoms with Crippen LogP contribution in [0.5, 0.6) is 0 Å². The van der Waals surface area contributed by atoms with Crippen molar-refractivity contribution in [2.45, 2.75) is 6.42 Å². The van der Waals surface area contributed by atoms with Gasteiger partial charge in [-0.15, -0.1) is 0 Å². The van der Waals surface area contributed by atoms with E-state index in [9.17, 15) is 9.59 Å². The number of esters is 1. The largest absolute Gasteiger partial charge is 0.395 e. The molecule has 0 saturated carbocycles. The quantitative estimate of drug-likeness (QED) is 0.315. The maximum Gasteiger partial charge on any atom is 0.317 e. The van der Waals surface area contributed by atoms with E-state index in [0.29, 0.717) is 6.54 Å². The van der Waals surface area contributed by atoms with Crippen molar-refractivity contribution in [1.29, 1.82) is 0 Å². The van der Waals surface area contributed by atoms with Gasteiger partial charge >= 0.3 is 12.4 Å². The van der Waals surface area contributed by atoms with Gasteiger partial charge in [0, 0.05) is 6.54 Å². The van der Waals surface area contributed by atoms with E-state index in [0.717, 1.165) is 13.0 Å². The number of rotatable bonds is 2. The molecular formula is C6H9NO3. The molecule has 4 nitrogen and oxygen atoms in total. The van der Waals surface area contributed by atoms with Crippen molar-refractivity contribution in [3.63, 3.8) is 0 Å². The Morgan fingerprint density at radius 3 is 3.00 bits per heavy atom. The molecule has 0 aromatic heterocycles. The average molecular weight is 143 g/mol. The van der Waals surface area contributed by atoms with Crippen molar-refractivity contribution in [1.82, 2.24) is 5.32 Å². The van der Waals surface area contributed by atoms with Gasteiger partial charge in [0.05, 0.1) is 5.92 Å². The lowest BCUT2D eigenvalue weighted by molar-refractivity contribution is -0.154. The van der Waals surface area contributed by atoms with Crippen LogP contribution in [0.4, 0.5) is 0 Å². The van der Waals surface area contributed by atoms with E-state index < -0.39 is 5.97 Å². The lowest BCUT2D eigenvalue weighted by Gasteiger charge is -2.01. The fourth-order valence-electron chi connectivity index (χ4n) is 0.999. The zero-order valence-electron chi connectivity index (χ0n) is 5.50. The van der Waals surface area contributed by atoms with Gasteiger partial charge in [-0.05, 0) is 13.0 Å². The number of hydrogen-bond donors (Lipinski definition) is 1. The highest BCUT2D eigenvalue weighted by molar-refractivity contribution is 5.79. The first-order chi connectivity index (χ1) is 4.84. The van der Waals surface area contributed by atoms with Gasteiger partial charge in [-0.3, -0.25) is 9.59 Å². The van der Waals surface area contributed by atoms with Crippen LogP contribution in [0.3, 0.4) is 0 Å². The summed E-state index contributed by atoms with van der Waals surface area (Å²) in [5, 5.41) is 2.99. The Hall–Kier alpha value is -0.900. The van der Waals surface area contributed by atoms with Gasteiger partial charge in [0.2, 0.25) is 0 Å². The number of hydrogen-bond acceptors (Lipinski definition) is 4. The maximum atomic E-state index is 10.8. The van der Waals surface area contributed by atoms with Crippen molar-refractivity contribution in [3.8, 4) is 0 Å². The van der Waals surface area contributed by atoms with Crippen LogP contribution in [0.2, 0.25) is 0 Å². The molecule has 56 valence electrons. The lowest BCUT2D eigenvalue weighted by Crippen LogP contribution is -2.19. The minimum atomic E-state index is -0.417. The molecule has 1 aliphatic heterocycles. The van der Waals surface area contributed by atoms with Crippen molar-refractivity contribution in [2.75, 3.05) is 13.1 Å². The fourth-order valence-corrected chi connectivity index (χ4v) is 0.999. The maximum absolute atomic E-state index is 10.8. The van der Waals surface area contributed by atoms with Crippen molar-refractivity contribution >= 4 is 12.4 Å². The Kier molecular flexibility index (Phi) is 2.39. The van der Waals surface area contributed by atoms with Crippen LogP contribution in [0, 0.1) is 5.92 Å². The Balaban J connectivity index is 2.32. The van der Waals surface area contributed by atoms with Gasteiger partial charge < -0.3 is 10.1 Å². The second-order valence-corrected chi connectivity index (χ2v) is 2.22. The highest BCUT2D eigenvalue weighted by Crippen LogP contribution is 2.08. The van der Waals surface area contributed by atoms with Crippen LogP contribution >= 0.6 is 0 Å². The summed E-state index contributed by atoms with van der Waals surface area (Å²) in [6, 6.07) is 0. The minimum Gasteiger partial charge on any atom is -0.395 e. The molecule has 0 bridgehead atoms. The summed E-state index contributed by atoms with van der Waals surface area (Å²) in [4.78, 5) is 20.5. The van der Waals surface area contributed by atoms with Gasteiger partial charge in [0.25, 0.3) is 0 Å². The molecule has 1 rings (SSSR count). The summed E-state index contributed by atoms with van der Waals surface area (Å²) >= 11 is 0. The van der Waals surface area contributed by atoms with E-state index in [1.54, 1.807) is 0 Å². The summed E-state index contributed by atoms with van der Waals surface area (Å²) in [6.07, 6.45) is 0.771. The van der Waals surface area contributed by atoms with Crippen LogP contribution in [0.25, 0.3) is 0 Å². The first kappa shape index (κ1) is 7.21. The molecule has 0 aliphatic carbocycles. The Bertz CT molecular complexity index is 140. The van der Waals surface area contributed by atoms with Crippen molar-refractivity contribution in [3.05, 3.63) is 0 Å². The Labute approximate surface area is 58.5 Å². The highest BCUT2D eigenvalue weighted by Gasteiger charge is 2.23. The van der Waals surface area contributed by atoms with Crippen LogP contribution in [0.1, 0.15) is 6.42 Å². The second kappa shape index (κ2) is 3.31. The van der Waals surface area contributed by atoms with Gasteiger partial charge in [-0.2, -0.15) is 0 Å². The second-order valence-electron chi connectivity index (χ2n) is 2.22. The SMILES string of the molecule is O=COC(=O)C1CCNC1. The third-order valence-electron chi connectivity index (χ3n) is 1.56. The summed E-state index contributed by atoms with van der Waals surface area (Å²) < 4.78 is 4.17. The topological polar surface area (TPSA) is 55.4 Å². The molecule has 0 radical (unpaired) electrons. The summed E-state index contributed by atoms with van der Waals surface area (Å²) in [6.45, 7) is 1.64. The molecule has 4 heteroatoms. The number of carbonyl (C=O) groups excluding carboxylic acids is 2. The number of carbonyl (C=O) groups is 2. The zero-order valence-corrected chi connectivity index (χ0v) is 5.50. The molecule has 0 amide bonds. The van der Waals surface area contributed by atoms with Crippen LogP contribution in [0.15, 0.2) is 0 Å². The minimum absolute atomic E-state index is 0.120. The third-order valence-corrected chi connectivity index (χ3v) is 1.56. The summed E-state index contributed by atoms with van der Waals surface area (Å²) in [5.41, 5.74) is 0. The normalized spacial score (nSPS) is 24.2. The monoisotopic (exact) mass is 143 g/mol. The van der Waals surface area contributed by atoms with Crippen LogP contribution in [-0.4, -0.2) is 25.5 Å². The molecule has 1 fully saturated rings. The highest BCUT2D eigenvalue weighted by atomic mass is 16.6. The molecule has 1 saturated heterocycles. The molecule has 0 aromatic rings. The lowest BCUT2D eigenvalue weighted by atomic mass is 10.1. The third kappa shape index (κ3) is 1.54. The summed E-state index contributed by atoms with van der Waals surface area (Å²) in [7, 11) is 0. The van der Waals surface area contributed by atoms with E-state index >= 15 is 0 Å². The number of ether oxygens (including phenoxy) is 1. The number of nitrogens with one attached hydrogen (secondary N) is 1. The molecule has 10 heavy (non-hydrogen) atoms. The van der Waals surface area contributed by atoms with Gasteiger partial charge in [0.15, 0.2) is 0 Å². The Morgan fingerprint density at radius 1 is 1.70 bits per heavy atom. The Morgan fingerprint density at radius 2 is 2.50 bits per heavy atom. The molecule has 1 aliphatic rings. The van der Waals surface area contributed by atoms with E-state index in [2.05, 4.69) is 10.1 Å². The van der Waals surface area contributed by atoms with Crippen molar-refractivity contribution in [2.24, 2.45) is 5.92 Å². The van der Waals surface area contributed by atoms with E-state index in [4.69, 9.17) is 0 Å². The first-order valence-electron chi connectivity index (χ1n) is 3.19. The van der Waals surface area contributed by atoms with Gasteiger partial charge in [-0.25, -0.2) is 0 Å². The average Bonchev–Trinajstić information content (AvgIpc) is 2.38. The molecule has 1 heterocycles. The van der Waals surface area contributed by atoms with Crippen LogP contribution in [-0.2, 0) is 14.3 Å². The fraction of sp³-hybridized carbons (Fsp3) is 0.667. The van der Waals surface area contributed by atoms with E-state index in [1.807, 2.05) is 0 Å². The molecule has 1 N–H and O–H groups in total. The molecule has 1 atom stereocenters. The van der Waals surface area contributed by atoms with E-state index in [1.165, 1.54) is 0 Å². The zero-order chi connectivity index (χ0) is 7.40. The predicted molar refractivity (Wildman–Crippen MR) is 33.1 cm³/mol. The van der Waals surface area contributed by atoms with Gasteiger partial charge in [-0.1, -0.05) is 0 Å². The first-order valence-corrected chi connectivity index (χ1v) is 3.19. The molecule has 0 aromatic carbocycles. The smallest absolute Gasteiger partial charge is 0.317 e. The van der Waals surface area contributed by atoms with Crippen molar-refractivity contribution < 1.29 is 14.3 Å². The summed E-state index contributed by atoms with van der Waals surface area (Å²) in [5.74, 6) is -0.537. The molecule has 0 spiro atoms. The molecule has 1 unspecified atom stereocenters. The molecular weight excluding hydrogens is 134 g/mol.